The van der Waals surface area contributed by atoms with Crippen molar-refractivity contribution in [3.63, 3.8) is 0 Å². The number of fused-ring (bicyclic) bond motifs is 3. The Morgan fingerprint density at radius 2 is 2.13 bits per heavy atom. The summed E-state index contributed by atoms with van der Waals surface area (Å²) in [6.45, 7) is 2.88. The van der Waals surface area contributed by atoms with Gasteiger partial charge in [-0.05, 0) is 18.1 Å². The van der Waals surface area contributed by atoms with E-state index in [9.17, 15) is 0 Å². The van der Waals surface area contributed by atoms with Crippen molar-refractivity contribution in [1.29, 1.82) is 0 Å². The first-order chi connectivity index (χ1) is 7.36. The van der Waals surface area contributed by atoms with Gasteiger partial charge in [-0.3, -0.25) is 4.99 Å². The SMILES string of the molecule is Cc1[nH]cc2c1-c1ccccc1C=NC2. The summed E-state index contributed by atoms with van der Waals surface area (Å²) in [4.78, 5) is 7.70. The highest BCUT2D eigenvalue weighted by Crippen LogP contribution is 2.31. The molecule has 0 saturated heterocycles. The number of rotatable bonds is 0. The molecule has 0 fully saturated rings. The molecule has 1 N–H and O–H groups in total. The second kappa shape index (κ2) is 3.09. The fourth-order valence-corrected chi connectivity index (χ4v) is 2.16. The minimum Gasteiger partial charge on any atom is -0.364 e. The lowest BCUT2D eigenvalue weighted by Crippen LogP contribution is -1.87. The highest BCUT2D eigenvalue weighted by molar-refractivity contribution is 5.92. The molecule has 0 aliphatic carbocycles. The molecular weight excluding hydrogens is 184 g/mol. The number of H-pyrrole nitrogens is 1. The van der Waals surface area contributed by atoms with Crippen molar-refractivity contribution in [2.24, 2.45) is 4.99 Å². The first kappa shape index (κ1) is 8.48. The molecule has 0 radical (unpaired) electrons. The van der Waals surface area contributed by atoms with Crippen molar-refractivity contribution in [2.75, 3.05) is 0 Å². The zero-order valence-electron chi connectivity index (χ0n) is 8.62. The van der Waals surface area contributed by atoms with Crippen LogP contribution in [0.2, 0.25) is 0 Å². The van der Waals surface area contributed by atoms with E-state index in [0.717, 1.165) is 6.54 Å². The van der Waals surface area contributed by atoms with Crippen LogP contribution in [0.15, 0.2) is 35.5 Å². The van der Waals surface area contributed by atoms with Crippen LogP contribution in [0.4, 0.5) is 0 Å². The maximum atomic E-state index is 4.42. The molecule has 2 heterocycles. The Morgan fingerprint density at radius 1 is 1.27 bits per heavy atom. The lowest BCUT2D eigenvalue weighted by atomic mass is 9.98. The molecular formula is C13H12N2. The largest absolute Gasteiger partial charge is 0.364 e. The van der Waals surface area contributed by atoms with E-state index >= 15 is 0 Å². The zero-order valence-corrected chi connectivity index (χ0v) is 8.62. The number of aromatic nitrogens is 1. The van der Waals surface area contributed by atoms with Crippen molar-refractivity contribution in [3.8, 4) is 11.1 Å². The molecule has 0 amide bonds. The Morgan fingerprint density at radius 3 is 3.07 bits per heavy atom. The summed E-state index contributed by atoms with van der Waals surface area (Å²) in [7, 11) is 0. The summed E-state index contributed by atoms with van der Waals surface area (Å²) in [5, 5.41) is 0. The van der Waals surface area contributed by atoms with E-state index in [4.69, 9.17) is 0 Å². The van der Waals surface area contributed by atoms with Gasteiger partial charge in [-0.15, -0.1) is 0 Å². The molecule has 1 aliphatic heterocycles. The molecule has 2 aromatic rings. The molecule has 2 heteroatoms. The van der Waals surface area contributed by atoms with Gasteiger partial charge in [0.25, 0.3) is 0 Å². The van der Waals surface area contributed by atoms with Crippen LogP contribution in [-0.2, 0) is 6.54 Å². The fourth-order valence-electron chi connectivity index (χ4n) is 2.16. The lowest BCUT2D eigenvalue weighted by Gasteiger charge is -2.04. The monoisotopic (exact) mass is 196 g/mol. The first-order valence-corrected chi connectivity index (χ1v) is 5.12. The quantitative estimate of drug-likeness (QED) is 0.671. The number of aromatic amines is 1. The van der Waals surface area contributed by atoms with Gasteiger partial charge in [-0.2, -0.15) is 0 Å². The third-order valence-electron chi connectivity index (χ3n) is 2.88. The van der Waals surface area contributed by atoms with Crippen molar-refractivity contribution in [2.45, 2.75) is 13.5 Å². The Kier molecular flexibility index (Phi) is 1.75. The van der Waals surface area contributed by atoms with E-state index in [0.29, 0.717) is 0 Å². The number of nitrogens with zero attached hydrogens (tertiary/aromatic N) is 1. The number of benzene rings is 1. The topological polar surface area (TPSA) is 28.1 Å². The van der Waals surface area contributed by atoms with Crippen LogP contribution in [0, 0.1) is 6.92 Å². The minimum absolute atomic E-state index is 0.772. The van der Waals surface area contributed by atoms with Gasteiger partial charge in [0.1, 0.15) is 0 Å². The predicted molar refractivity (Wildman–Crippen MR) is 62.3 cm³/mol. The first-order valence-electron chi connectivity index (χ1n) is 5.12. The van der Waals surface area contributed by atoms with E-state index in [1.54, 1.807) is 0 Å². The van der Waals surface area contributed by atoms with Crippen LogP contribution in [0.25, 0.3) is 11.1 Å². The number of aliphatic imine (C=N–C) groups is 1. The van der Waals surface area contributed by atoms with Crippen molar-refractivity contribution >= 4 is 6.21 Å². The maximum absolute atomic E-state index is 4.42. The minimum atomic E-state index is 0.772. The number of hydrogen-bond acceptors (Lipinski definition) is 1. The normalized spacial score (nSPS) is 13.1. The summed E-state index contributed by atoms with van der Waals surface area (Å²) in [6.07, 6.45) is 4.03. The third-order valence-corrected chi connectivity index (χ3v) is 2.88. The molecule has 0 atom stereocenters. The summed E-state index contributed by atoms with van der Waals surface area (Å²) < 4.78 is 0. The van der Waals surface area contributed by atoms with Crippen molar-refractivity contribution < 1.29 is 0 Å². The second-order valence-electron chi connectivity index (χ2n) is 3.87. The van der Waals surface area contributed by atoms with E-state index in [1.807, 2.05) is 6.21 Å². The maximum Gasteiger partial charge on any atom is 0.0660 e. The summed E-state index contributed by atoms with van der Waals surface area (Å²) >= 11 is 0. The molecule has 0 unspecified atom stereocenters. The number of aryl methyl sites for hydroxylation is 1. The van der Waals surface area contributed by atoms with Crippen molar-refractivity contribution in [3.05, 3.63) is 47.3 Å². The lowest BCUT2D eigenvalue weighted by molar-refractivity contribution is 1.09. The molecule has 1 aromatic carbocycles. The fraction of sp³-hybridized carbons (Fsp3) is 0.154. The number of hydrogen-bond donors (Lipinski definition) is 1. The van der Waals surface area contributed by atoms with Gasteiger partial charge in [-0.1, -0.05) is 24.3 Å². The molecule has 15 heavy (non-hydrogen) atoms. The molecule has 2 nitrogen and oxygen atoms in total. The molecule has 1 aliphatic rings. The standard InChI is InChI=1S/C13H12N2/c1-9-13-11(8-15-9)7-14-6-10-4-2-3-5-12(10)13/h2-6,8,15H,7H2,1H3. The Bertz CT molecular complexity index is 535. The molecule has 0 bridgehead atoms. The molecule has 74 valence electrons. The summed E-state index contributed by atoms with van der Waals surface area (Å²) in [6, 6.07) is 8.40. The highest BCUT2D eigenvalue weighted by atomic mass is 14.8. The van der Waals surface area contributed by atoms with Crippen LogP contribution in [0.3, 0.4) is 0 Å². The van der Waals surface area contributed by atoms with Crippen LogP contribution in [0.5, 0.6) is 0 Å². The zero-order chi connectivity index (χ0) is 10.3. The Labute approximate surface area is 88.7 Å². The van der Waals surface area contributed by atoms with Crippen LogP contribution >= 0.6 is 0 Å². The Balaban J connectivity index is 2.36. The van der Waals surface area contributed by atoms with Gasteiger partial charge in [0.05, 0.1) is 6.54 Å². The van der Waals surface area contributed by atoms with E-state index in [-0.39, 0.29) is 0 Å². The van der Waals surface area contributed by atoms with Gasteiger partial charge in [-0.25, -0.2) is 0 Å². The van der Waals surface area contributed by atoms with Gasteiger partial charge in [0.15, 0.2) is 0 Å². The highest BCUT2D eigenvalue weighted by Gasteiger charge is 2.14. The summed E-state index contributed by atoms with van der Waals surface area (Å²) in [5.74, 6) is 0. The average Bonchev–Trinajstić information content (AvgIpc) is 2.52. The predicted octanol–water partition coefficient (Wildman–Crippen LogP) is 2.92. The third kappa shape index (κ3) is 1.22. The second-order valence-corrected chi connectivity index (χ2v) is 3.87. The van der Waals surface area contributed by atoms with Crippen LogP contribution < -0.4 is 0 Å². The Hall–Kier alpha value is -1.83. The number of nitrogens with one attached hydrogen (secondary N) is 1. The van der Waals surface area contributed by atoms with Crippen LogP contribution in [0.1, 0.15) is 16.8 Å². The molecule has 0 spiro atoms. The van der Waals surface area contributed by atoms with Gasteiger partial charge < -0.3 is 4.98 Å². The molecule has 1 aromatic heterocycles. The molecule has 3 rings (SSSR count). The van der Waals surface area contributed by atoms with Gasteiger partial charge in [0.2, 0.25) is 0 Å². The molecule has 0 saturated carbocycles. The van der Waals surface area contributed by atoms with E-state index < -0.39 is 0 Å². The van der Waals surface area contributed by atoms with E-state index in [2.05, 4.69) is 47.4 Å². The van der Waals surface area contributed by atoms with Crippen molar-refractivity contribution in [1.82, 2.24) is 4.98 Å². The van der Waals surface area contributed by atoms with Crippen LogP contribution in [-0.4, -0.2) is 11.2 Å². The van der Waals surface area contributed by atoms with Gasteiger partial charge >= 0.3 is 0 Å². The average molecular weight is 196 g/mol. The summed E-state index contributed by atoms with van der Waals surface area (Å²) in [5.41, 5.74) is 6.33. The van der Waals surface area contributed by atoms with E-state index in [1.165, 1.54) is 27.9 Å². The smallest absolute Gasteiger partial charge is 0.0660 e. The van der Waals surface area contributed by atoms with Gasteiger partial charge in [0, 0.05) is 29.2 Å².